The molecule has 1 saturated heterocycles. The molecule has 0 aromatic heterocycles. The number of nitrogens with one attached hydrogen (secondary N) is 1. The van der Waals surface area contributed by atoms with Gasteiger partial charge in [-0.2, -0.15) is 0 Å². The molecule has 0 spiro atoms. The molecule has 1 amide bonds. The second-order valence-corrected chi connectivity index (χ2v) is 7.23. The minimum absolute atomic E-state index is 0.106. The maximum absolute atomic E-state index is 12.2. The largest absolute Gasteiger partial charge is 0.391 e. The van der Waals surface area contributed by atoms with Crippen LogP contribution in [-0.4, -0.2) is 47.7 Å². The fourth-order valence-corrected chi connectivity index (χ4v) is 3.88. The van der Waals surface area contributed by atoms with Gasteiger partial charge >= 0.3 is 0 Å². The zero-order valence-electron chi connectivity index (χ0n) is 13.4. The van der Waals surface area contributed by atoms with E-state index in [0.717, 1.165) is 13.1 Å². The third kappa shape index (κ3) is 4.25. The van der Waals surface area contributed by atoms with Crippen molar-refractivity contribution in [3.05, 3.63) is 34.9 Å². The molecule has 0 bridgehead atoms. The Morgan fingerprint density at radius 3 is 2.57 bits per heavy atom. The summed E-state index contributed by atoms with van der Waals surface area (Å²) in [6.07, 6.45) is 6.09. The molecule has 2 fully saturated rings. The van der Waals surface area contributed by atoms with Crippen LogP contribution in [0.1, 0.15) is 42.5 Å². The van der Waals surface area contributed by atoms with Crippen LogP contribution in [-0.2, 0) is 0 Å². The first-order chi connectivity index (χ1) is 11.1. The van der Waals surface area contributed by atoms with Gasteiger partial charge < -0.3 is 10.4 Å². The van der Waals surface area contributed by atoms with E-state index >= 15 is 0 Å². The molecule has 1 aromatic carbocycles. The monoisotopic (exact) mass is 336 g/mol. The molecular weight excluding hydrogens is 312 g/mol. The van der Waals surface area contributed by atoms with Crippen LogP contribution >= 0.6 is 11.6 Å². The van der Waals surface area contributed by atoms with Crippen LogP contribution in [0.15, 0.2) is 24.3 Å². The van der Waals surface area contributed by atoms with Crippen molar-refractivity contribution in [3.8, 4) is 0 Å². The molecule has 1 aliphatic heterocycles. The molecule has 2 aliphatic rings. The summed E-state index contributed by atoms with van der Waals surface area (Å²) in [5.41, 5.74) is 0.603. The summed E-state index contributed by atoms with van der Waals surface area (Å²) in [6.45, 7) is 2.14. The molecule has 1 heterocycles. The lowest BCUT2D eigenvalue weighted by Gasteiger charge is -2.30. The average molecular weight is 337 g/mol. The number of aliphatic hydroxyl groups is 1. The summed E-state index contributed by atoms with van der Waals surface area (Å²) < 4.78 is 0. The van der Waals surface area contributed by atoms with E-state index in [9.17, 15) is 9.90 Å². The Morgan fingerprint density at radius 2 is 1.87 bits per heavy atom. The summed E-state index contributed by atoms with van der Waals surface area (Å²) >= 11 is 5.84. The van der Waals surface area contributed by atoms with Gasteiger partial charge in [0.1, 0.15) is 0 Å². The molecule has 2 unspecified atom stereocenters. The number of rotatable bonds is 4. The molecule has 1 aromatic rings. The SMILES string of the molecule is O=C(NCC1CN(C2CCCCC2)CC1O)c1ccc(Cl)cc1. The van der Waals surface area contributed by atoms with Gasteiger partial charge in [0, 0.05) is 42.2 Å². The molecular formula is C18H25ClN2O2. The third-order valence-electron chi connectivity index (χ3n) is 5.16. The minimum Gasteiger partial charge on any atom is -0.391 e. The Bertz CT molecular complexity index is 528. The first-order valence-electron chi connectivity index (χ1n) is 8.59. The van der Waals surface area contributed by atoms with Gasteiger partial charge in [-0.05, 0) is 37.1 Å². The van der Waals surface area contributed by atoms with E-state index in [0.29, 0.717) is 23.2 Å². The molecule has 2 atom stereocenters. The number of β-amino-alcohol motifs (C(OH)–C–C–N with tert-alkyl or cyclic N) is 1. The molecule has 1 aliphatic carbocycles. The lowest BCUT2D eigenvalue weighted by atomic mass is 9.94. The Kier molecular flexibility index (Phi) is 5.57. The van der Waals surface area contributed by atoms with Crippen LogP contribution in [0.5, 0.6) is 0 Å². The zero-order valence-corrected chi connectivity index (χ0v) is 14.1. The number of carbonyl (C=O) groups is 1. The number of halogens is 1. The van der Waals surface area contributed by atoms with E-state index in [1.54, 1.807) is 24.3 Å². The number of nitrogens with zero attached hydrogens (tertiary/aromatic N) is 1. The van der Waals surface area contributed by atoms with Crippen molar-refractivity contribution in [2.75, 3.05) is 19.6 Å². The van der Waals surface area contributed by atoms with Gasteiger partial charge in [0.05, 0.1) is 6.10 Å². The number of aliphatic hydroxyl groups excluding tert-OH is 1. The Hall–Kier alpha value is -1.10. The van der Waals surface area contributed by atoms with Crippen molar-refractivity contribution in [2.24, 2.45) is 5.92 Å². The topological polar surface area (TPSA) is 52.6 Å². The molecule has 23 heavy (non-hydrogen) atoms. The number of amides is 1. The Morgan fingerprint density at radius 1 is 1.17 bits per heavy atom. The minimum atomic E-state index is -0.345. The molecule has 1 saturated carbocycles. The second-order valence-electron chi connectivity index (χ2n) is 6.79. The summed E-state index contributed by atoms with van der Waals surface area (Å²) in [7, 11) is 0. The second kappa shape index (κ2) is 7.65. The third-order valence-corrected chi connectivity index (χ3v) is 5.41. The number of hydrogen-bond acceptors (Lipinski definition) is 3. The molecule has 4 nitrogen and oxygen atoms in total. The predicted octanol–water partition coefficient (Wildman–Crippen LogP) is 2.70. The van der Waals surface area contributed by atoms with Crippen LogP contribution in [0.3, 0.4) is 0 Å². The quantitative estimate of drug-likeness (QED) is 0.889. The van der Waals surface area contributed by atoms with E-state index in [-0.39, 0.29) is 17.9 Å². The summed E-state index contributed by atoms with van der Waals surface area (Å²) in [5, 5.41) is 13.9. The lowest BCUT2D eigenvalue weighted by molar-refractivity contribution is 0.0926. The van der Waals surface area contributed by atoms with E-state index in [2.05, 4.69) is 10.2 Å². The molecule has 5 heteroatoms. The van der Waals surface area contributed by atoms with Crippen molar-refractivity contribution in [1.29, 1.82) is 0 Å². The first-order valence-corrected chi connectivity index (χ1v) is 8.97. The van der Waals surface area contributed by atoms with Gasteiger partial charge in [-0.1, -0.05) is 30.9 Å². The summed E-state index contributed by atoms with van der Waals surface area (Å²) in [4.78, 5) is 14.6. The van der Waals surface area contributed by atoms with Gasteiger partial charge in [0.2, 0.25) is 0 Å². The van der Waals surface area contributed by atoms with Crippen molar-refractivity contribution < 1.29 is 9.90 Å². The number of carbonyl (C=O) groups excluding carboxylic acids is 1. The van der Waals surface area contributed by atoms with Crippen molar-refractivity contribution in [2.45, 2.75) is 44.2 Å². The fraction of sp³-hybridized carbons (Fsp3) is 0.611. The molecule has 3 rings (SSSR count). The maximum Gasteiger partial charge on any atom is 0.251 e. The summed E-state index contributed by atoms with van der Waals surface area (Å²) in [5.74, 6) is 0.0122. The Labute approximate surface area is 142 Å². The molecule has 2 N–H and O–H groups in total. The standard InChI is InChI=1S/C18H25ClN2O2/c19-15-8-6-13(7-9-15)18(23)20-10-14-11-21(12-17(14)22)16-4-2-1-3-5-16/h6-9,14,16-17,22H,1-5,10-12H2,(H,20,23). The average Bonchev–Trinajstić information content (AvgIpc) is 2.95. The highest BCUT2D eigenvalue weighted by Crippen LogP contribution is 2.27. The van der Waals surface area contributed by atoms with Crippen LogP contribution in [0.2, 0.25) is 5.02 Å². The Balaban J connectivity index is 1.50. The molecule has 126 valence electrons. The van der Waals surface area contributed by atoms with Crippen molar-refractivity contribution in [3.63, 3.8) is 0 Å². The normalized spacial score (nSPS) is 26.3. The maximum atomic E-state index is 12.2. The highest BCUT2D eigenvalue weighted by Gasteiger charge is 2.35. The number of likely N-dealkylation sites (tertiary alicyclic amines) is 1. The smallest absolute Gasteiger partial charge is 0.251 e. The zero-order chi connectivity index (χ0) is 16.2. The number of benzene rings is 1. The van der Waals surface area contributed by atoms with Gasteiger partial charge in [-0.3, -0.25) is 9.69 Å². The van der Waals surface area contributed by atoms with E-state index in [1.807, 2.05) is 0 Å². The van der Waals surface area contributed by atoms with Crippen LogP contribution in [0.25, 0.3) is 0 Å². The van der Waals surface area contributed by atoms with Crippen molar-refractivity contribution >= 4 is 17.5 Å². The first kappa shape index (κ1) is 16.7. The lowest BCUT2D eigenvalue weighted by Crippen LogP contribution is -2.36. The molecule has 0 radical (unpaired) electrons. The van der Waals surface area contributed by atoms with Crippen LogP contribution < -0.4 is 5.32 Å². The van der Waals surface area contributed by atoms with Crippen molar-refractivity contribution in [1.82, 2.24) is 10.2 Å². The fourth-order valence-electron chi connectivity index (χ4n) is 3.76. The number of hydrogen-bond donors (Lipinski definition) is 2. The van der Waals surface area contributed by atoms with Crippen LogP contribution in [0, 0.1) is 5.92 Å². The van der Waals surface area contributed by atoms with Gasteiger partial charge in [-0.25, -0.2) is 0 Å². The van der Waals surface area contributed by atoms with Gasteiger partial charge in [0.15, 0.2) is 0 Å². The van der Waals surface area contributed by atoms with E-state index < -0.39 is 0 Å². The van der Waals surface area contributed by atoms with Crippen LogP contribution in [0.4, 0.5) is 0 Å². The van der Waals surface area contributed by atoms with Gasteiger partial charge in [-0.15, -0.1) is 0 Å². The predicted molar refractivity (Wildman–Crippen MR) is 91.7 cm³/mol. The summed E-state index contributed by atoms with van der Waals surface area (Å²) in [6, 6.07) is 7.49. The van der Waals surface area contributed by atoms with Gasteiger partial charge in [0.25, 0.3) is 5.91 Å². The highest BCUT2D eigenvalue weighted by atomic mass is 35.5. The van der Waals surface area contributed by atoms with E-state index in [1.165, 1.54) is 32.1 Å². The van der Waals surface area contributed by atoms with E-state index in [4.69, 9.17) is 11.6 Å². The highest BCUT2D eigenvalue weighted by molar-refractivity contribution is 6.30.